The zero-order valence-corrected chi connectivity index (χ0v) is 13.4. The van der Waals surface area contributed by atoms with E-state index in [4.69, 9.17) is 4.74 Å². The summed E-state index contributed by atoms with van der Waals surface area (Å²) in [5, 5.41) is 2.72. The highest BCUT2D eigenvalue weighted by Gasteiger charge is 2.14. The number of hydrogen-bond acceptors (Lipinski definition) is 4. The van der Waals surface area contributed by atoms with Crippen LogP contribution in [0.3, 0.4) is 0 Å². The fourth-order valence-corrected chi connectivity index (χ4v) is 2.48. The van der Waals surface area contributed by atoms with Crippen LogP contribution in [0.5, 0.6) is 0 Å². The second kappa shape index (κ2) is 6.54. The number of carbonyl (C=O) groups is 2. The van der Waals surface area contributed by atoms with Crippen LogP contribution in [0.2, 0.25) is 0 Å². The van der Waals surface area contributed by atoms with Gasteiger partial charge in [-0.3, -0.25) is 4.79 Å². The van der Waals surface area contributed by atoms with Crippen molar-refractivity contribution in [1.29, 1.82) is 0 Å². The number of rotatable bonds is 4. The van der Waals surface area contributed by atoms with E-state index in [9.17, 15) is 9.59 Å². The number of esters is 1. The molecule has 0 bridgehead atoms. The molecule has 2 aromatic heterocycles. The minimum Gasteiger partial charge on any atom is -0.451 e. The highest BCUT2D eigenvalue weighted by atomic mass is 16.5. The van der Waals surface area contributed by atoms with Gasteiger partial charge in [0, 0.05) is 18.1 Å². The number of imidazole rings is 1. The van der Waals surface area contributed by atoms with E-state index in [-0.39, 0.29) is 12.3 Å². The van der Waals surface area contributed by atoms with E-state index in [0.29, 0.717) is 11.3 Å². The van der Waals surface area contributed by atoms with E-state index >= 15 is 0 Å². The lowest BCUT2D eigenvalue weighted by Crippen LogP contribution is -2.21. The maximum absolute atomic E-state index is 12.0. The van der Waals surface area contributed by atoms with Crippen molar-refractivity contribution in [2.45, 2.75) is 13.8 Å². The third-order valence-corrected chi connectivity index (χ3v) is 3.41. The predicted molar refractivity (Wildman–Crippen MR) is 90.0 cm³/mol. The molecular formula is C18H17N3O3. The fourth-order valence-electron chi connectivity index (χ4n) is 2.48. The number of anilines is 1. The number of benzene rings is 1. The van der Waals surface area contributed by atoms with Gasteiger partial charge >= 0.3 is 5.97 Å². The average molecular weight is 323 g/mol. The Morgan fingerprint density at radius 2 is 1.92 bits per heavy atom. The van der Waals surface area contributed by atoms with Crippen LogP contribution in [0.25, 0.3) is 5.65 Å². The van der Waals surface area contributed by atoms with Crippen molar-refractivity contribution < 1.29 is 14.3 Å². The van der Waals surface area contributed by atoms with Gasteiger partial charge in [0.05, 0.1) is 0 Å². The van der Waals surface area contributed by atoms with Gasteiger partial charge in [0.25, 0.3) is 5.91 Å². The van der Waals surface area contributed by atoms with Crippen molar-refractivity contribution in [3.05, 3.63) is 65.6 Å². The Balaban J connectivity index is 1.60. The highest BCUT2D eigenvalue weighted by Crippen LogP contribution is 2.13. The van der Waals surface area contributed by atoms with E-state index in [2.05, 4.69) is 10.3 Å². The molecule has 0 atom stereocenters. The first-order valence-corrected chi connectivity index (χ1v) is 7.50. The topological polar surface area (TPSA) is 72.7 Å². The molecule has 1 amide bonds. The Hall–Kier alpha value is -3.15. The number of hydrogen-bond donors (Lipinski definition) is 1. The van der Waals surface area contributed by atoms with Gasteiger partial charge in [-0.1, -0.05) is 12.1 Å². The summed E-state index contributed by atoms with van der Waals surface area (Å²) in [5.74, 6) is -1.02. The Bertz CT molecular complexity index is 862. The molecule has 0 aliphatic heterocycles. The number of pyridine rings is 1. The van der Waals surface area contributed by atoms with Crippen LogP contribution in [0.1, 0.15) is 21.6 Å². The largest absolute Gasteiger partial charge is 0.451 e. The number of nitrogens with zero attached hydrogens (tertiary/aromatic N) is 2. The van der Waals surface area contributed by atoms with Crippen molar-refractivity contribution in [3.63, 3.8) is 0 Å². The summed E-state index contributed by atoms with van der Waals surface area (Å²) in [5.41, 5.74) is 3.59. The Morgan fingerprint density at radius 1 is 1.17 bits per heavy atom. The quantitative estimate of drug-likeness (QED) is 0.749. The lowest BCUT2D eigenvalue weighted by atomic mass is 10.1. The molecule has 0 saturated heterocycles. The first-order chi connectivity index (χ1) is 11.5. The highest BCUT2D eigenvalue weighted by molar-refractivity contribution is 5.95. The number of carbonyl (C=O) groups excluding carboxylic acids is 2. The van der Waals surface area contributed by atoms with Gasteiger partial charge in [-0.05, 0) is 49.2 Å². The Labute approximate surface area is 139 Å². The fraction of sp³-hybridized carbons (Fsp3) is 0.167. The standard InChI is InChI=1S/C18H17N3O3/c1-12-7-13(2)9-14(8-12)19-17(22)11-24-18(23)15-10-21-6-4-3-5-16(21)20-15/h3-10H,11H2,1-2H3,(H,19,22). The Morgan fingerprint density at radius 3 is 2.62 bits per heavy atom. The first-order valence-electron chi connectivity index (χ1n) is 7.50. The molecule has 6 nitrogen and oxygen atoms in total. The van der Waals surface area contributed by atoms with Crippen LogP contribution in [0, 0.1) is 13.8 Å². The van der Waals surface area contributed by atoms with Gasteiger partial charge in [-0.2, -0.15) is 0 Å². The molecule has 6 heteroatoms. The monoisotopic (exact) mass is 323 g/mol. The summed E-state index contributed by atoms with van der Waals surface area (Å²) in [7, 11) is 0. The summed E-state index contributed by atoms with van der Waals surface area (Å²) in [4.78, 5) is 28.1. The maximum Gasteiger partial charge on any atom is 0.359 e. The normalized spacial score (nSPS) is 10.6. The smallest absolute Gasteiger partial charge is 0.359 e. The minimum absolute atomic E-state index is 0.167. The van der Waals surface area contributed by atoms with Crippen LogP contribution in [0.15, 0.2) is 48.8 Å². The van der Waals surface area contributed by atoms with Crippen LogP contribution >= 0.6 is 0 Å². The lowest BCUT2D eigenvalue weighted by Gasteiger charge is -2.07. The van der Waals surface area contributed by atoms with Crippen molar-refractivity contribution in [1.82, 2.24) is 9.38 Å². The van der Waals surface area contributed by atoms with Crippen molar-refractivity contribution in [2.75, 3.05) is 11.9 Å². The molecule has 0 saturated carbocycles. The number of fused-ring (bicyclic) bond motifs is 1. The SMILES string of the molecule is Cc1cc(C)cc(NC(=O)COC(=O)c2cn3ccccc3n2)c1. The van der Waals surface area contributed by atoms with Gasteiger partial charge in [0.2, 0.25) is 0 Å². The summed E-state index contributed by atoms with van der Waals surface area (Å²) in [6, 6.07) is 11.2. The summed E-state index contributed by atoms with van der Waals surface area (Å²) in [6.07, 6.45) is 3.35. The molecule has 3 rings (SSSR count). The lowest BCUT2D eigenvalue weighted by molar-refractivity contribution is -0.119. The molecule has 122 valence electrons. The number of amides is 1. The van der Waals surface area contributed by atoms with Gasteiger partial charge in [0.1, 0.15) is 5.65 Å². The molecule has 2 heterocycles. The van der Waals surface area contributed by atoms with Gasteiger partial charge in [-0.15, -0.1) is 0 Å². The summed E-state index contributed by atoms with van der Waals surface area (Å²) in [6.45, 7) is 3.54. The molecule has 0 spiro atoms. The van der Waals surface area contributed by atoms with Gasteiger partial charge < -0.3 is 14.5 Å². The molecular weight excluding hydrogens is 306 g/mol. The van der Waals surface area contributed by atoms with E-state index in [0.717, 1.165) is 11.1 Å². The van der Waals surface area contributed by atoms with E-state index in [1.807, 2.05) is 44.2 Å². The molecule has 0 unspecified atom stereocenters. The van der Waals surface area contributed by atoms with Crippen molar-refractivity contribution in [3.8, 4) is 0 Å². The van der Waals surface area contributed by atoms with Crippen molar-refractivity contribution >= 4 is 23.2 Å². The van der Waals surface area contributed by atoms with E-state index in [1.54, 1.807) is 22.9 Å². The zero-order valence-electron chi connectivity index (χ0n) is 13.4. The predicted octanol–water partition coefficient (Wildman–Crippen LogP) is 2.75. The van der Waals surface area contributed by atoms with Gasteiger partial charge in [-0.25, -0.2) is 9.78 Å². The number of aromatic nitrogens is 2. The molecule has 24 heavy (non-hydrogen) atoms. The van der Waals surface area contributed by atoms with Crippen LogP contribution in [-0.4, -0.2) is 27.9 Å². The number of nitrogens with one attached hydrogen (secondary N) is 1. The third-order valence-electron chi connectivity index (χ3n) is 3.41. The second-order valence-corrected chi connectivity index (χ2v) is 5.59. The minimum atomic E-state index is -0.630. The van der Waals surface area contributed by atoms with Crippen LogP contribution in [-0.2, 0) is 9.53 Å². The summed E-state index contributed by atoms with van der Waals surface area (Å²) < 4.78 is 6.74. The van der Waals surface area contributed by atoms with Crippen molar-refractivity contribution in [2.24, 2.45) is 0 Å². The molecule has 0 aliphatic rings. The van der Waals surface area contributed by atoms with Crippen LogP contribution < -0.4 is 5.32 Å². The first kappa shape index (κ1) is 15.7. The average Bonchev–Trinajstić information content (AvgIpc) is 2.95. The molecule has 0 aliphatic carbocycles. The second-order valence-electron chi connectivity index (χ2n) is 5.59. The van der Waals surface area contributed by atoms with Gasteiger partial charge in [0.15, 0.2) is 12.3 Å². The molecule has 0 fully saturated rings. The van der Waals surface area contributed by atoms with Crippen LogP contribution in [0.4, 0.5) is 5.69 Å². The molecule has 1 aromatic carbocycles. The molecule has 3 aromatic rings. The zero-order chi connectivity index (χ0) is 17.1. The Kier molecular flexibility index (Phi) is 4.29. The molecule has 1 N–H and O–H groups in total. The van der Waals surface area contributed by atoms with E-state index < -0.39 is 11.9 Å². The maximum atomic E-state index is 12.0. The summed E-state index contributed by atoms with van der Waals surface area (Å²) >= 11 is 0. The number of ether oxygens (including phenoxy) is 1. The number of aryl methyl sites for hydroxylation is 2. The van der Waals surface area contributed by atoms with E-state index in [1.165, 1.54) is 0 Å². The molecule has 0 radical (unpaired) electrons. The third kappa shape index (κ3) is 3.60.